The number of carbonyl (C=O) groups excluding carboxylic acids is 1. The van der Waals surface area contributed by atoms with Crippen molar-refractivity contribution in [1.29, 1.82) is 0 Å². The molecular formula is C9H7F5N2O2. The second-order valence-electron chi connectivity index (χ2n) is 3.08. The van der Waals surface area contributed by atoms with Crippen molar-refractivity contribution in [3.8, 4) is 5.75 Å². The molecule has 0 bridgehead atoms. The van der Waals surface area contributed by atoms with Crippen molar-refractivity contribution < 1.29 is 31.5 Å². The smallest absolute Gasteiger partial charge is 0.403 e. The highest BCUT2D eigenvalue weighted by atomic mass is 19.4. The summed E-state index contributed by atoms with van der Waals surface area (Å²) >= 11 is 0. The number of halogens is 5. The van der Waals surface area contributed by atoms with Gasteiger partial charge < -0.3 is 10.5 Å². The lowest BCUT2D eigenvalue weighted by Gasteiger charge is -2.14. The Kier molecular flexibility index (Phi) is 4.17. The topological polar surface area (TPSA) is 65.2 Å². The number of carbonyl (C=O) groups is 1. The Morgan fingerprint density at radius 3 is 2.44 bits per heavy atom. The van der Waals surface area contributed by atoms with Gasteiger partial charge in [-0.2, -0.15) is 0 Å². The second kappa shape index (κ2) is 5.25. The van der Waals surface area contributed by atoms with Gasteiger partial charge in [-0.15, -0.1) is 13.2 Å². The number of pyridine rings is 1. The van der Waals surface area contributed by atoms with Crippen molar-refractivity contribution in [1.82, 2.24) is 4.98 Å². The van der Waals surface area contributed by atoms with Gasteiger partial charge in [-0.1, -0.05) is 0 Å². The van der Waals surface area contributed by atoms with E-state index in [0.717, 1.165) is 0 Å². The maximum absolute atomic E-state index is 12.4. The van der Waals surface area contributed by atoms with Crippen LogP contribution in [0.25, 0.3) is 0 Å². The molecule has 0 aliphatic heterocycles. The second-order valence-corrected chi connectivity index (χ2v) is 3.08. The molecule has 9 heteroatoms. The highest BCUT2D eigenvalue weighted by molar-refractivity contribution is 5.80. The fraction of sp³-hybridized carbons (Fsp3) is 0.333. The van der Waals surface area contributed by atoms with Gasteiger partial charge in [0.25, 0.3) is 6.43 Å². The van der Waals surface area contributed by atoms with E-state index in [2.05, 4.69) is 9.72 Å². The largest absolute Gasteiger partial charge is 0.573 e. The molecule has 0 aliphatic rings. The Morgan fingerprint density at radius 2 is 2.06 bits per heavy atom. The third kappa shape index (κ3) is 3.36. The molecule has 100 valence electrons. The zero-order valence-corrected chi connectivity index (χ0v) is 8.67. The Bertz CT molecular complexity index is 447. The fourth-order valence-electron chi connectivity index (χ4n) is 1.20. The first-order chi connectivity index (χ1) is 8.28. The molecule has 1 aromatic rings. The molecule has 0 saturated carbocycles. The third-order valence-electron chi connectivity index (χ3n) is 1.85. The van der Waals surface area contributed by atoms with Crippen LogP contribution in [-0.4, -0.2) is 17.6 Å². The van der Waals surface area contributed by atoms with Crippen molar-refractivity contribution in [2.45, 2.75) is 19.3 Å². The molecule has 0 aromatic carbocycles. The number of aromatic nitrogens is 1. The van der Waals surface area contributed by atoms with E-state index in [1.165, 1.54) is 0 Å². The van der Waals surface area contributed by atoms with Gasteiger partial charge in [-0.25, -0.2) is 13.8 Å². The van der Waals surface area contributed by atoms with E-state index >= 15 is 0 Å². The van der Waals surface area contributed by atoms with Gasteiger partial charge in [0.15, 0.2) is 12.0 Å². The lowest BCUT2D eigenvalue weighted by atomic mass is 10.1. The number of hydrogen-bond acceptors (Lipinski definition) is 4. The van der Waals surface area contributed by atoms with Crippen LogP contribution >= 0.6 is 0 Å². The summed E-state index contributed by atoms with van der Waals surface area (Å²) in [5, 5.41) is 0. The lowest BCUT2D eigenvalue weighted by molar-refractivity contribution is -0.275. The van der Waals surface area contributed by atoms with Crippen LogP contribution in [0.15, 0.2) is 6.07 Å². The van der Waals surface area contributed by atoms with Crippen LogP contribution in [0.4, 0.5) is 22.0 Å². The molecule has 18 heavy (non-hydrogen) atoms. The zero-order chi connectivity index (χ0) is 13.9. The normalized spacial score (nSPS) is 11.7. The lowest BCUT2D eigenvalue weighted by Crippen LogP contribution is -2.21. The minimum atomic E-state index is -5.07. The van der Waals surface area contributed by atoms with E-state index in [1.54, 1.807) is 0 Å². The Morgan fingerprint density at radius 1 is 1.44 bits per heavy atom. The summed E-state index contributed by atoms with van der Waals surface area (Å²) in [6.07, 6.45) is -8.14. The third-order valence-corrected chi connectivity index (χ3v) is 1.85. The molecular weight excluding hydrogens is 263 g/mol. The fourth-order valence-corrected chi connectivity index (χ4v) is 1.20. The first kappa shape index (κ1) is 14.3. The average Bonchev–Trinajstić information content (AvgIpc) is 2.26. The van der Waals surface area contributed by atoms with Crippen molar-refractivity contribution >= 4 is 6.29 Å². The van der Waals surface area contributed by atoms with Gasteiger partial charge in [0, 0.05) is 6.54 Å². The maximum Gasteiger partial charge on any atom is 0.573 e. The van der Waals surface area contributed by atoms with E-state index in [4.69, 9.17) is 5.73 Å². The van der Waals surface area contributed by atoms with Gasteiger partial charge in [0.05, 0.1) is 11.3 Å². The van der Waals surface area contributed by atoms with Gasteiger partial charge in [-0.05, 0) is 6.07 Å². The van der Waals surface area contributed by atoms with E-state index in [-0.39, 0.29) is 6.29 Å². The summed E-state index contributed by atoms with van der Waals surface area (Å²) in [6, 6.07) is 0.526. The maximum atomic E-state index is 12.4. The quantitative estimate of drug-likeness (QED) is 0.672. The van der Waals surface area contributed by atoms with Crippen LogP contribution in [0.5, 0.6) is 5.75 Å². The van der Waals surface area contributed by atoms with Gasteiger partial charge in [0.1, 0.15) is 5.69 Å². The predicted molar refractivity (Wildman–Crippen MR) is 49.2 cm³/mol. The van der Waals surface area contributed by atoms with Crippen LogP contribution in [0.1, 0.15) is 28.2 Å². The number of rotatable bonds is 4. The molecule has 0 amide bonds. The first-order valence-electron chi connectivity index (χ1n) is 4.51. The van der Waals surface area contributed by atoms with Crippen molar-refractivity contribution in [2.75, 3.05) is 0 Å². The number of ether oxygens (including phenoxy) is 1. The summed E-state index contributed by atoms with van der Waals surface area (Å²) in [5.74, 6) is -0.954. The van der Waals surface area contributed by atoms with E-state index in [1.807, 2.05) is 0 Å². The molecule has 0 atom stereocenters. The molecule has 4 nitrogen and oxygen atoms in total. The minimum Gasteiger partial charge on any atom is -0.403 e. The SMILES string of the molecule is NCc1nc(C(F)F)cc(C=O)c1OC(F)(F)F. The molecule has 1 heterocycles. The molecule has 0 aliphatic carbocycles. The molecule has 0 fully saturated rings. The summed E-state index contributed by atoms with van der Waals surface area (Å²) in [5.41, 5.74) is 3.01. The number of alkyl halides is 5. The van der Waals surface area contributed by atoms with Crippen molar-refractivity contribution in [3.05, 3.63) is 23.0 Å². The Balaban J connectivity index is 3.35. The monoisotopic (exact) mass is 270 g/mol. The van der Waals surface area contributed by atoms with Crippen LogP contribution < -0.4 is 10.5 Å². The van der Waals surface area contributed by atoms with Gasteiger partial charge >= 0.3 is 6.36 Å². The Hall–Kier alpha value is -1.77. The number of nitrogens with two attached hydrogens (primary N) is 1. The van der Waals surface area contributed by atoms with E-state index < -0.39 is 42.0 Å². The number of hydrogen-bond donors (Lipinski definition) is 1. The molecule has 0 saturated heterocycles. The van der Waals surface area contributed by atoms with Crippen LogP contribution in [-0.2, 0) is 6.54 Å². The molecule has 1 aromatic heterocycles. The Labute approximate surface area is 97.6 Å². The molecule has 2 N–H and O–H groups in total. The molecule has 0 radical (unpaired) electrons. The summed E-state index contributed by atoms with van der Waals surface area (Å²) < 4.78 is 64.6. The average molecular weight is 270 g/mol. The standard InChI is InChI=1S/C9H7F5N2O2/c10-8(11)5-1-4(3-17)7(6(2-15)16-5)18-9(12,13)14/h1,3,8H,2,15H2. The zero-order valence-electron chi connectivity index (χ0n) is 8.67. The minimum absolute atomic E-state index is 0.0339. The molecule has 1 rings (SSSR count). The van der Waals surface area contributed by atoms with E-state index in [9.17, 15) is 26.7 Å². The van der Waals surface area contributed by atoms with Crippen LogP contribution in [0.2, 0.25) is 0 Å². The molecule has 0 unspecified atom stereocenters. The molecule has 0 spiro atoms. The van der Waals surface area contributed by atoms with Gasteiger partial charge in [-0.3, -0.25) is 4.79 Å². The van der Waals surface area contributed by atoms with Crippen molar-refractivity contribution in [2.24, 2.45) is 5.73 Å². The van der Waals surface area contributed by atoms with Crippen molar-refractivity contribution in [3.63, 3.8) is 0 Å². The number of nitrogens with zero attached hydrogens (tertiary/aromatic N) is 1. The predicted octanol–water partition coefficient (Wildman–Crippen LogP) is 2.19. The summed E-state index contributed by atoms with van der Waals surface area (Å²) in [4.78, 5) is 13.8. The van der Waals surface area contributed by atoms with Crippen LogP contribution in [0.3, 0.4) is 0 Å². The number of aldehydes is 1. The first-order valence-corrected chi connectivity index (χ1v) is 4.51. The van der Waals surface area contributed by atoms with E-state index in [0.29, 0.717) is 6.07 Å². The van der Waals surface area contributed by atoms with Crippen LogP contribution in [0, 0.1) is 0 Å². The summed E-state index contributed by atoms with van der Waals surface area (Å²) in [7, 11) is 0. The summed E-state index contributed by atoms with van der Waals surface area (Å²) in [6.45, 7) is -0.577. The van der Waals surface area contributed by atoms with Gasteiger partial charge in [0.2, 0.25) is 0 Å². The highest BCUT2D eigenvalue weighted by Gasteiger charge is 2.34. The highest BCUT2D eigenvalue weighted by Crippen LogP contribution is 2.31.